The van der Waals surface area contributed by atoms with Crippen molar-refractivity contribution in [2.24, 2.45) is 0 Å². The Morgan fingerprint density at radius 1 is 1.00 bits per heavy atom. The summed E-state index contributed by atoms with van der Waals surface area (Å²) in [5.74, 6) is 1.55. The first-order chi connectivity index (χ1) is 13.2. The van der Waals surface area contributed by atoms with E-state index in [-0.39, 0.29) is 11.7 Å². The molecular formula is C20H19N3O3S. The van der Waals surface area contributed by atoms with Crippen molar-refractivity contribution in [3.63, 3.8) is 0 Å². The minimum absolute atomic E-state index is 0.121. The van der Waals surface area contributed by atoms with Crippen molar-refractivity contribution in [3.8, 4) is 22.8 Å². The van der Waals surface area contributed by atoms with Crippen LogP contribution in [0.15, 0.2) is 65.7 Å². The number of rotatable bonds is 7. The molecule has 0 bridgehead atoms. The maximum atomic E-state index is 12.1. The summed E-state index contributed by atoms with van der Waals surface area (Å²) in [5.41, 5.74) is 2.29. The van der Waals surface area contributed by atoms with E-state index < -0.39 is 0 Å². The second kappa shape index (κ2) is 9.05. The van der Waals surface area contributed by atoms with Gasteiger partial charge in [0.25, 0.3) is 0 Å². The predicted octanol–water partition coefficient (Wildman–Crippen LogP) is 3.89. The number of amides is 1. The van der Waals surface area contributed by atoms with Crippen molar-refractivity contribution in [1.29, 1.82) is 0 Å². The van der Waals surface area contributed by atoms with E-state index in [1.165, 1.54) is 11.8 Å². The van der Waals surface area contributed by atoms with E-state index in [2.05, 4.69) is 15.5 Å². The number of nitrogens with one attached hydrogen (secondary N) is 1. The standard InChI is InChI=1S/C20H19N3O3S/c1-25-15-7-5-6-14(12-15)21-19(24)13-27-20-11-10-17(22-23-20)16-8-3-4-9-18(16)26-2/h3-12H,13H2,1-2H3,(H,21,24). The number of methoxy groups -OCH3 is 2. The number of benzene rings is 2. The lowest BCUT2D eigenvalue weighted by Crippen LogP contribution is -2.14. The van der Waals surface area contributed by atoms with Crippen LogP contribution >= 0.6 is 11.8 Å². The molecule has 138 valence electrons. The molecule has 1 heterocycles. The lowest BCUT2D eigenvalue weighted by Gasteiger charge is -2.08. The molecule has 0 spiro atoms. The average Bonchev–Trinajstić information content (AvgIpc) is 2.72. The number of aromatic nitrogens is 2. The zero-order valence-corrected chi connectivity index (χ0v) is 15.8. The molecule has 1 amide bonds. The molecule has 3 rings (SSSR count). The van der Waals surface area contributed by atoms with Gasteiger partial charge in [0.2, 0.25) is 5.91 Å². The first-order valence-electron chi connectivity index (χ1n) is 8.23. The summed E-state index contributed by atoms with van der Waals surface area (Å²) in [6, 6.07) is 18.6. The normalized spacial score (nSPS) is 10.3. The van der Waals surface area contributed by atoms with Crippen LogP contribution in [0.4, 0.5) is 5.69 Å². The fourth-order valence-electron chi connectivity index (χ4n) is 2.43. The molecule has 0 unspecified atom stereocenters. The van der Waals surface area contributed by atoms with Crippen LogP contribution < -0.4 is 14.8 Å². The van der Waals surface area contributed by atoms with Gasteiger partial charge >= 0.3 is 0 Å². The van der Waals surface area contributed by atoms with Gasteiger partial charge in [-0.25, -0.2) is 0 Å². The zero-order valence-electron chi connectivity index (χ0n) is 15.0. The predicted molar refractivity (Wildman–Crippen MR) is 106 cm³/mol. The number of ether oxygens (including phenoxy) is 2. The van der Waals surface area contributed by atoms with Gasteiger partial charge in [0, 0.05) is 17.3 Å². The fourth-order valence-corrected chi connectivity index (χ4v) is 3.05. The lowest BCUT2D eigenvalue weighted by atomic mass is 10.1. The van der Waals surface area contributed by atoms with Gasteiger partial charge in [0.05, 0.1) is 25.7 Å². The van der Waals surface area contributed by atoms with Crippen LogP contribution in [0.5, 0.6) is 11.5 Å². The van der Waals surface area contributed by atoms with E-state index in [0.29, 0.717) is 16.5 Å². The number of carbonyl (C=O) groups excluding carboxylic acids is 1. The largest absolute Gasteiger partial charge is 0.497 e. The number of carbonyl (C=O) groups is 1. The Hall–Kier alpha value is -3.06. The Labute approximate surface area is 161 Å². The molecule has 1 N–H and O–H groups in total. The van der Waals surface area contributed by atoms with Gasteiger partial charge in [-0.15, -0.1) is 10.2 Å². The number of hydrogen-bond donors (Lipinski definition) is 1. The number of para-hydroxylation sites is 1. The molecule has 2 aromatic carbocycles. The Morgan fingerprint density at radius 3 is 2.59 bits per heavy atom. The number of thioether (sulfide) groups is 1. The average molecular weight is 381 g/mol. The molecule has 6 nitrogen and oxygen atoms in total. The maximum Gasteiger partial charge on any atom is 0.234 e. The first kappa shape index (κ1) is 18.7. The Balaban J connectivity index is 1.59. The molecule has 3 aromatic rings. The Bertz CT molecular complexity index is 916. The third-order valence-electron chi connectivity index (χ3n) is 3.73. The summed E-state index contributed by atoms with van der Waals surface area (Å²) >= 11 is 1.32. The van der Waals surface area contributed by atoms with Gasteiger partial charge in [-0.3, -0.25) is 4.79 Å². The number of nitrogens with zero attached hydrogens (tertiary/aromatic N) is 2. The van der Waals surface area contributed by atoms with Crippen LogP contribution in [-0.2, 0) is 4.79 Å². The van der Waals surface area contributed by atoms with Gasteiger partial charge in [-0.05, 0) is 36.4 Å². The second-order valence-corrected chi connectivity index (χ2v) is 6.52. The van der Waals surface area contributed by atoms with Gasteiger partial charge in [-0.1, -0.05) is 30.0 Å². The highest BCUT2D eigenvalue weighted by Crippen LogP contribution is 2.28. The second-order valence-electron chi connectivity index (χ2n) is 5.53. The molecule has 27 heavy (non-hydrogen) atoms. The van der Waals surface area contributed by atoms with Crippen LogP contribution in [-0.4, -0.2) is 36.1 Å². The molecule has 7 heteroatoms. The first-order valence-corrected chi connectivity index (χ1v) is 9.22. The summed E-state index contributed by atoms with van der Waals surface area (Å²) in [6.07, 6.45) is 0. The van der Waals surface area contributed by atoms with E-state index in [4.69, 9.17) is 9.47 Å². The minimum atomic E-state index is -0.121. The number of anilines is 1. The van der Waals surface area contributed by atoms with Gasteiger partial charge < -0.3 is 14.8 Å². The van der Waals surface area contributed by atoms with Crippen molar-refractivity contribution in [2.75, 3.05) is 25.3 Å². The number of hydrogen-bond acceptors (Lipinski definition) is 6. The fraction of sp³-hybridized carbons (Fsp3) is 0.150. The summed E-state index contributed by atoms with van der Waals surface area (Å²) < 4.78 is 10.5. The highest BCUT2D eigenvalue weighted by atomic mass is 32.2. The Morgan fingerprint density at radius 2 is 1.85 bits per heavy atom. The third-order valence-corrected chi connectivity index (χ3v) is 4.65. The molecule has 0 saturated heterocycles. The van der Waals surface area contributed by atoms with Crippen molar-refractivity contribution in [2.45, 2.75) is 5.03 Å². The Kier molecular flexibility index (Phi) is 6.27. The van der Waals surface area contributed by atoms with Crippen LogP contribution in [0.3, 0.4) is 0 Å². The molecular weight excluding hydrogens is 362 g/mol. The van der Waals surface area contributed by atoms with Crippen LogP contribution in [0.2, 0.25) is 0 Å². The van der Waals surface area contributed by atoms with E-state index in [0.717, 1.165) is 17.0 Å². The SMILES string of the molecule is COc1cccc(NC(=O)CSc2ccc(-c3ccccc3OC)nn2)c1. The van der Waals surface area contributed by atoms with E-state index in [1.54, 1.807) is 20.3 Å². The molecule has 0 aliphatic heterocycles. The van der Waals surface area contributed by atoms with Gasteiger partial charge in [0.15, 0.2) is 0 Å². The van der Waals surface area contributed by atoms with Crippen LogP contribution in [0.25, 0.3) is 11.3 Å². The summed E-state index contributed by atoms with van der Waals surface area (Å²) in [7, 11) is 3.21. The van der Waals surface area contributed by atoms with Gasteiger partial charge in [-0.2, -0.15) is 0 Å². The molecule has 0 aliphatic rings. The highest BCUT2D eigenvalue weighted by Gasteiger charge is 2.09. The van der Waals surface area contributed by atoms with Crippen molar-refractivity contribution in [3.05, 3.63) is 60.7 Å². The van der Waals surface area contributed by atoms with Crippen molar-refractivity contribution in [1.82, 2.24) is 10.2 Å². The summed E-state index contributed by atoms with van der Waals surface area (Å²) in [4.78, 5) is 12.1. The quantitative estimate of drug-likeness (QED) is 0.626. The van der Waals surface area contributed by atoms with E-state index in [9.17, 15) is 4.79 Å². The van der Waals surface area contributed by atoms with Crippen LogP contribution in [0, 0.1) is 0 Å². The third kappa shape index (κ3) is 4.98. The van der Waals surface area contributed by atoms with E-state index in [1.807, 2.05) is 54.6 Å². The van der Waals surface area contributed by atoms with Crippen LogP contribution in [0.1, 0.15) is 0 Å². The molecule has 0 radical (unpaired) electrons. The monoisotopic (exact) mass is 381 g/mol. The topological polar surface area (TPSA) is 73.3 Å². The van der Waals surface area contributed by atoms with Crippen molar-refractivity contribution >= 4 is 23.4 Å². The highest BCUT2D eigenvalue weighted by molar-refractivity contribution is 7.99. The molecule has 1 aromatic heterocycles. The smallest absolute Gasteiger partial charge is 0.234 e. The van der Waals surface area contributed by atoms with E-state index >= 15 is 0 Å². The van der Waals surface area contributed by atoms with Crippen molar-refractivity contribution < 1.29 is 14.3 Å². The minimum Gasteiger partial charge on any atom is -0.497 e. The maximum absolute atomic E-state index is 12.1. The summed E-state index contributed by atoms with van der Waals surface area (Å²) in [6.45, 7) is 0. The van der Waals surface area contributed by atoms with Gasteiger partial charge in [0.1, 0.15) is 16.5 Å². The lowest BCUT2D eigenvalue weighted by molar-refractivity contribution is -0.113. The molecule has 0 atom stereocenters. The molecule has 0 fully saturated rings. The summed E-state index contributed by atoms with van der Waals surface area (Å²) in [5, 5.41) is 11.9. The molecule has 0 aliphatic carbocycles. The molecule has 0 saturated carbocycles. The zero-order chi connectivity index (χ0) is 19.1.